The van der Waals surface area contributed by atoms with E-state index in [1.165, 1.54) is 0 Å². The molecule has 20 heavy (non-hydrogen) atoms. The van der Waals surface area contributed by atoms with Gasteiger partial charge in [-0.2, -0.15) is 0 Å². The first-order valence-corrected chi connectivity index (χ1v) is 4.48. The predicted octanol–water partition coefficient (Wildman–Crippen LogP) is -2.26. The van der Waals surface area contributed by atoms with Crippen molar-refractivity contribution in [3.8, 4) is 0 Å². The number of nitrogens with two attached hydrogens (primary N) is 2. The maximum absolute atomic E-state index is 9.85. The van der Waals surface area contributed by atoms with Gasteiger partial charge in [0.2, 0.25) is 0 Å². The molecule has 0 amide bonds. The number of carboxylic acid groups (broad SMARTS) is 4. The van der Waals surface area contributed by atoms with Crippen molar-refractivity contribution in [3.05, 3.63) is 0 Å². The van der Waals surface area contributed by atoms with Gasteiger partial charge in [0.25, 0.3) is 0 Å². The number of carbonyl (C=O) groups is 4. The zero-order chi connectivity index (χ0) is 14.9. The molecule has 0 aromatic carbocycles. The van der Waals surface area contributed by atoms with Crippen LogP contribution in [0.2, 0.25) is 0 Å². The van der Waals surface area contributed by atoms with Crippen LogP contribution in [0.3, 0.4) is 0 Å². The van der Waals surface area contributed by atoms with Crippen molar-refractivity contribution in [3.63, 3.8) is 0 Å². The Hall–Kier alpha value is -1.20. The van der Waals surface area contributed by atoms with E-state index in [1.807, 2.05) is 0 Å². The van der Waals surface area contributed by atoms with E-state index >= 15 is 0 Å². The van der Waals surface area contributed by atoms with Gasteiger partial charge in [-0.3, -0.25) is 19.2 Å². The Labute approximate surface area is 133 Å². The fourth-order valence-corrected chi connectivity index (χ4v) is 0.551. The molecule has 0 saturated carbocycles. The average Bonchev–Trinajstić information content (AvgIpc) is 2.16. The fourth-order valence-electron chi connectivity index (χ4n) is 0.551. The van der Waals surface area contributed by atoms with Crippen LogP contribution in [0.25, 0.3) is 0 Å². The summed E-state index contributed by atoms with van der Waals surface area (Å²) in [6, 6.07) is -2.58. The summed E-state index contributed by atoms with van der Waals surface area (Å²) in [6.45, 7) is 0. The average molecular weight is 384 g/mol. The van der Waals surface area contributed by atoms with Gasteiger partial charge in [-0.15, -0.1) is 0 Å². The summed E-state index contributed by atoms with van der Waals surface area (Å²) in [5, 5.41) is 32.1. The van der Waals surface area contributed by atoms with Crippen LogP contribution in [0.5, 0.6) is 0 Å². The SMILES string of the molecule is N[C@@H](CC(=O)O)C(=O)O.N[C@H](CC(=O)O)C(=O)O.[Co].[Ni]. The minimum atomic E-state index is -1.29. The standard InChI is InChI=1S/2C4H7NO4.Co.Ni/c2*5-2(4(8)9)1-3(6)7;;/h2*2H,1,5H2,(H,6,7)(H,8,9);;/t2*2-;;/m10../s1. The van der Waals surface area contributed by atoms with Gasteiger partial charge in [0.05, 0.1) is 12.8 Å². The van der Waals surface area contributed by atoms with Gasteiger partial charge in [0.1, 0.15) is 12.1 Å². The summed E-state index contributed by atoms with van der Waals surface area (Å²) in [7, 11) is 0. The first kappa shape index (κ1) is 27.2. The zero-order valence-corrected chi connectivity index (χ0v) is 11.8. The van der Waals surface area contributed by atoms with Crippen molar-refractivity contribution in [2.45, 2.75) is 24.9 Å². The first-order chi connectivity index (χ1) is 8.07. The Bertz CT molecular complexity index is 308. The Kier molecular flexibility index (Phi) is 19.3. The van der Waals surface area contributed by atoms with Crippen molar-refractivity contribution in [2.75, 3.05) is 0 Å². The molecule has 0 rings (SSSR count). The normalized spacial score (nSPS) is 11.3. The van der Waals surface area contributed by atoms with Gasteiger partial charge in [0.15, 0.2) is 0 Å². The van der Waals surface area contributed by atoms with Gasteiger partial charge in [0, 0.05) is 33.3 Å². The van der Waals surface area contributed by atoms with Gasteiger partial charge in [-0.25, -0.2) is 0 Å². The number of hydrogen-bond acceptors (Lipinski definition) is 6. The zero-order valence-electron chi connectivity index (χ0n) is 9.80. The van der Waals surface area contributed by atoms with Gasteiger partial charge in [-0.05, 0) is 0 Å². The number of carboxylic acids is 4. The molecule has 0 aliphatic heterocycles. The molecule has 0 aliphatic carbocycles. The van der Waals surface area contributed by atoms with Crippen LogP contribution in [0.4, 0.5) is 0 Å². The molecule has 0 saturated heterocycles. The summed E-state index contributed by atoms with van der Waals surface area (Å²) in [5.41, 5.74) is 9.67. The van der Waals surface area contributed by atoms with E-state index in [2.05, 4.69) is 0 Å². The van der Waals surface area contributed by atoms with E-state index in [0.29, 0.717) is 0 Å². The summed E-state index contributed by atoms with van der Waals surface area (Å²) < 4.78 is 0. The Balaban J connectivity index is -0.000000116. The second kappa shape index (κ2) is 14.2. The summed E-state index contributed by atoms with van der Waals surface area (Å²) in [6.07, 6.45) is -1.06. The quantitative estimate of drug-likeness (QED) is 0.272. The van der Waals surface area contributed by atoms with Crippen LogP contribution in [0.1, 0.15) is 12.8 Å². The molecular formula is C8H14CoN2NiO8. The topological polar surface area (TPSA) is 201 Å². The molecule has 12 heteroatoms. The van der Waals surface area contributed by atoms with Crippen LogP contribution >= 0.6 is 0 Å². The van der Waals surface area contributed by atoms with Gasteiger partial charge >= 0.3 is 23.9 Å². The molecule has 0 unspecified atom stereocenters. The summed E-state index contributed by atoms with van der Waals surface area (Å²) in [5.74, 6) is -5.00. The van der Waals surface area contributed by atoms with E-state index in [0.717, 1.165) is 0 Å². The molecule has 123 valence electrons. The monoisotopic (exact) mass is 383 g/mol. The second-order valence-electron chi connectivity index (χ2n) is 3.09. The van der Waals surface area contributed by atoms with Crippen LogP contribution in [0, 0.1) is 0 Å². The largest absolute Gasteiger partial charge is 0.481 e. The third-order valence-electron chi connectivity index (χ3n) is 1.42. The van der Waals surface area contributed by atoms with Crippen molar-refractivity contribution >= 4 is 23.9 Å². The van der Waals surface area contributed by atoms with E-state index in [1.54, 1.807) is 0 Å². The van der Waals surface area contributed by atoms with Crippen LogP contribution in [-0.4, -0.2) is 56.4 Å². The van der Waals surface area contributed by atoms with Crippen molar-refractivity contribution in [1.29, 1.82) is 0 Å². The fraction of sp³-hybridized carbons (Fsp3) is 0.500. The number of rotatable bonds is 6. The third-order valence-corrected chi connectivity index (χ3v) is 1.42. The van der Waals surface area contributed by atoms with Crippen LogP contribution < -0.4 is 11.5 Å². The third kappa shape index (κ3) is 19.1. The van der Waals surface area contributed by atoms with Crippen molar-refractivity contribution < 1.29 is 72.9 Å². The molecule has 0 spiro atoms. The van der Waals surface area contributed by atoms with E-state index in [9.17, 15) is 19.2 Å². The molecule has 0 aliphatic rings. The van der Waals surface area contributed by atoms with Crippen molar-refractivity contribution in [2.24, 2.45) is 11.5 Å². The maximum Gasteiger partial charge on any atom is 0.321 e. The van der Waals surface area contributed by atoms with E-state index in [-0.39, 0.29) is 33.3 Å². The molecule has 1 radical (unpaired) electrons. The molecule has 0 aromatic heterocycles. The van der Waals surface area contributed by atoms with Gasteiger partial charge < -0.3 is 31.9 Å². The number of aliphatic carboxylic acids is 4. The molecule has 10 nitrogen and oxygen atoms in total. The minimum absolute atomic E-state index is 0. The van der Waals surface area contributed by atoms with Crippen molar-refractivity contribution in [1.82, 2.24) is 0 Å². The minimum Gasteiger partial charge on any atom is -0.481 e. The van der Waals surface area contributed by atoms with E-state index in [4.69, 9.17) is 31.9 Å². The summed E-state index contributed by atoms with van der Waals surface area (Å²) >= 11 is 0. The molecule has 2 atom stereocenters. The Morgan fingerprint density at radius 2 is 0.950 bits per heavy atom. The molecule has 0 bridgehead atoms. The predicted molar refractivity (Wildman–Crippen MR) is 55.7 cm³/mol. The molecule has 0 heterocycles. The van der Waals surface area contributed by atoms with E-state index < -0.39 is 48.8 Å². The Morgan fingerprint density at radius 3 is 1.00 bits per heavy atom. The molecule has 8 N–H and O–H groups in total. The van der Waals surface area contributed by atoms with Crippen LogP contribution in [0.15, 0.2) is 0 Å². The maximum atomic E-state index is 9.85. The number of hydrogen-bond donors (Lipinski definition) is 6. The first-order valence-electron chi connectivity index (χ1n) is 4.48. The molecular weight excluding hydrogens is 370 g/mol. The second-order valence-corrected chi connectivity index (χ2v) is 3.09. The Morgan fingerprint density at radius 1 is 0.750 bits per heavy atom. The summed E-state index contributed by atoms with van der Waals surface area (Å²) in [4.78, 5) is 39.2. The van der Waals surface area contributed by atoms with Crippen LogP contribution in [-0.2, 0) is 52.4 Å². The van der Waals surface area contributed by atoms with Gasteiger partial charge in [-0.1, -0.05) is 0 Å². The smallest absolute Gasteiger partial charge is 0.321 e. The molecule has 0 aromatic rings. The molecule has 0 fully saturated rings.